The van der Waals surface area contributed by atoms with Crippen LogP contribution in [0.15, 0.2) is 30.3 Å². The van der Waals surface area contributed by atoms with Gasteiger partial charge in [-0.25, -0.2) is 0 Å². The van der Waals surface area contributed by atoms with Gasteiger partial charge in [-0.15, -0.1) is 0 Å². The van der Waals surface area contributed by atoms with Crippen molar-refractivity contribution in [3.05, 3.63) is 62.2 Å². The topological polar surface area (TPSA) is 84.7 Å². The van der Waals surface area contributed by atoms with Crippen LogP contribution in [0, 0.1) is 24.0 Å². The maximum atomic E-state index is 12.4. The Hall–Kier alpha value is -2.64. The Morgan fingerprint density at radius 3 is 2.63 bits per heavy atom. The summed E-state index contributed by atoms with van der Waals surface area (Å²) in [7, 11) is 3.34. The predicted octanol–water partition coefficient (Wildman–Crippen LogP) is 3.94. The fourth-order valence-corrected chi connectivity index (χ4v) is 2.95. The number of halogens is 1. The average molecular weight is 392 g/mol. The molecule has 0 bridgehead atoms. The third kappa shape index (κ3) is 5.18. The van der Waals surface area contributed by atoms with Crippen LogP contribution in [-0.2, 0) is 11.3 Å². The van der Waals surface area contributed by atoms with E-state index < -0.39 is 4.92 Å². The molecule has 0 unspecified atom stereocenters. The highest BCUT2D eigenvalue weighted by atomic mass is 35.5. The molecular weight excluding hydrogens is 370 g/mol. The molecule has 7 nitrogen and oxygen atoms in total. The lowest BCUT2D eigenvalue weighted by Gasteiger charge is -2.19. The number of carbonyl (C=O) groups is 1. The molecule has 0 saturated heterocycles. The Bertz CT molecular complexity index is 870. The highest BCUT2D eigenvalue weighted by Gasteiger charge is 2.20. The molecule has 0 fully saturated rings. The molecule has 0 aliphatic heterocycles. The van der Waals surface area contributed by atoms with Gasteiger partial charge in [-0.1, -0.05) is 17.7 Å². The number of benzene rings is 2. The number of hydrogen-bond acceptors (Lipinski definition) is 5. The molecule has 0 heterocycles. The second-order valence-electron chi connectivity index (χ2n) is 6.34. The Kier molecular flexibility index (Phi) is 6.76. The van der Waals surface area contributed by atoms with Gasteiger partial charge in [0.25, 0.3) is 5.69 Å². The molecule has 27 heavy (non-hydrogen) atoms. The molecule has 144 valence electrons. The molecule has 1 amide bonds. The van der Waals surface area contributed by atoms with Gasteiger partial charge in [0.1, 0.15) is 11.4 Å². The Balaban J connectivity index is 2.12. The van der Waals surface area contributed by atoms with Crippen molar-refractivity contribution < 1.29 is 14.5 Å². The molecule has 2 rings (SSSR count). The van der Waals surface area contributed by atoms with Crippen molar-refractivity contribution in [1.82, 2.24) is 4.90 Å². The fourth-order valence-electron chi connectivity index (χ4n) is 2.75. The summed E-state index contributed by atoms with van der Waals surface area (Å²) in [5.41, 5.74) is 2.51. The lowest BCUT2D eigenvalue weighted by molar-refractivity contribution is -0.384. The highest BCUT2D eigenvalue weighted by Crippen LogP contribution is 2.30. The van der Waals surface area contributed by atoms with Gasteiger partial charge >= 0.3 is 0 Å². The summed E-state index contributed by atoms with van der Waals surface area (Å²) < 4.78 is 5.31. The van der Waals surface area contributed by atoms with Crippen LogP contribution in [0.3, 0.4) is 0 Å². The molecule has 0 spiro atoms. The van der Waals surface area contributed by atoms with E-state index in [1.807, 2.05) is 6.92 Å². The molecule has 0 radical (unpaired) electrons. The number of nitrogens with zero attached hydrogens (tertiary/aromatic N) is 2. The van der Waals surface area contributed by atoms with Gasteiger partial charge in [0.05, 0.1) is 18.6 Å². The van der Waals surface area contributed by atoms with E-state index in [-0.39, 0.29) is 23.8 Å². The van der Waals surface area contributed by atoms with Gasteiger partial charge < -0.3 is 10.1 Å². The van der Waals surface area contributed by atoms with E-state index in [1.54, 1.807) is 50.2 Å². The van der Waals surface area contributed by atoms with E-state index in [4.69, 9.17) is 16.3 Å². The molecule has 0 aliphatic rings. The van der Waals surface area contributed by atoms with Crippen molar-refractivity contribution >= 4 is 28.9 Å². The van der Waals surface area contributed by atoms with Crippen LogP contribution in [-0.4, -0.2) is 36.4 Å². The minimum atomic E-state index is -0.497. The molecule has 0 aromatic heterocycles. The second-order valence-corrected chi connectivity index (χ2v) is 6.77. The van der Waals surface area contributed by atoms with Crippen LogP contribution in [0.25, 0.3) is 0 Å². The monoisotopic (exact) mass is 391 g/mol. The summed E-state index contributed by atoms with van der Waals surface area (Å²) in [5.74, 6) is 0.340. The van der Waals surface area contributed by atoms with E-state index in [9.17, 15) is 14.9 Å². The summed E-state index contributed by atoms with van der Waals surface area (Å²) in [6.07, 6.45) is 0. The summed E-state index contributed by atoms with van der Waals surface area (Å²) in [5, 5.41) is 14.5. The maximum Gasteiger partial charge on any atom is 0.293 e. The first-order valence-electron chi connectivity index (χ1n) is 8.28. The number of nitro groups is 1. The lowest BCUT2D eigenvalue weighted by atomic mass is 10.1. The Morgan fingerprint density at radius 1 is 1.30 bits per heavy atom. The van der Waals surface area contributed by atoms with Crippen molar-refractivity contribution in [2.24, 2.45) is 0 Å². The number of nitrogens with one attached hydrogen (secondary N) is 1. The number of hydrogen-bond donors (Lipinski definition) is 1. The minimum Gasteiger partial charge on any atom is -0.496 e. The number of amides is 1. The summed E-state index contributed by atoms with van der Waals surface area (Å²) in [4.78, 5) is 25.0. The number of aryl methyl sites for hydroxylation is 1. The first-order valence-corrected chi connectivity index (χ1v) is 8.66. The largest absolute Gasteiger partial charge is 0.496 e. The molecule has 1 N–H and O–H groups in total. The van der Waals surface area contributed by atoms with Crippen LogP contribution in [0.4, 0.5) is 11.4 Å². The smallest absolute Gasteiger partial charge is 0.293 e. The minimum absolute atomic E-state index is 0.0558. The van der Waals surface area contributed by atoms with E-state index in [2.05, 4.69) is 5.32 Å². The standard InChI is InChI=1S/C19H22ClN3O4/c1-12-5-7-16(23(25)26)19(13(12)2)21-18(24)11-22(3)10-14-9-15(20)6-8-17(14)27-4/h5-9H,10-11H2,1-4H3,(H,21,24). The number of carbonyl (C=O) groups excluding carboxylic acids is 1. The first kappa shape index (κ1) is 20.7. The van der Waals surface area contributed by atoms with Crippen LogP contribution in [0.1, 0.15) is 16.7 Å². The Labute approximate surface area is 163 Å². The number of ether oxygens (including phenoxy) is 1. The lowest BCUT2D eigenvalue weighted by Crippen LogP contribution is -2.30. The average Bonchev–Trinajstić information content (AvgIpc) is 2.58. The van der Waals surface area contributed by atoms with Crippen LogP contribution < -0.4 is 10.1 Å². The van der Waals surface area contributed by atoms with Crippen molar-refractivity contribution in [2.75, 3.05) is 26.0 Å². The summed E-state index contributed by atoms with van der Waals surface area (Å²) in [6, 6.07) is 8.35. The van der Waals surface area contributed by atoms with Crippen LogP contribution in [0.5, 0.6) is 5.75 Å². The molecule has 0 aliphatic carbocycles. The molecule has 8 heteroatoms. The number of rotatable bonds is 7. The normalized spacial score (nSPS) is 10.7. The van der Waals surface area contributed by atoms with Crippen molar-refractivity contribution in [2.45, 2.75) is 20.4 Å². The van der Waals surface area contributed by atoms with E-state index in [0.717, 1.165) is 11.1 Å². The maximum absolute atomic E-state index is 12.4. The van der Waals surface area contributed by atoms with Gasteiger partial charge in [0.2, 0.25) is 5.91 Å². The van der Waals surface area contributed by atoms with E-state index in [1.165, 1.54) is 6.07 Å². The van der Waals surface area contributed by atoms with Crippen molar-refractivity contribution in [3.8, 4) is 5.75 Å². The third-order valence-corrected chi connectivity index (χ3v) is 4.51. The van der Waals surface area contributed by atoms with Gasteiger partial charge in [0, 0.05) is 23.2 Å². The number of likely N-dealkylation sites (N-methyl/N-ethyl adjacent to an activating group) is 1. The third-order valence-electron chi connectivity index (χ3n) is 4.27. The van der Waals surface area contributed by atoms with Gasteiger partial charge in [-0.2, -0.15) is 0 Å². The number of nitro benzene ring substituents is 1. The number of anilines is 1. The first-order chi connectivity index (χ1) is 12.7. The zero-order valence-electron chi connectivity index (χ0n) is 15.7. The van der Waals surface area contributed by atoms with Gasteiger partial charge in [0.15, 0.2) is 0 Å². The van der Waals surface area contributed by atoms with Crippen LogP contribution in [0.2, 0.25) is 5.02 Å². The second kappa shape index (κ2) is 8.83. The number of methoxy groups -OCH3 is 1. The zero-order valence-corrected chi connectivity index (χ0v) is 16.5. The van der Waals surface area contributed by atoms with Crippen molar-refractivity contribution in [1.29, 1.82) is 0 Å². The molecule has 0 saturated carbocycles. The zero-order chi connectivity index (χ0) is 20.1. The highest BCUT2D eigenvalue weighted by molar-refractivity contribution is 6.30. The predicted molar refractivity (Wildman–Crippen MR) is 106 cm³/mol. The molecule has 0 atom stereocenters. The molecule has 2 aromatic rings. The summed E-state index contributed by atoms with van der Waals surface area (Å²) in [6.45, 7) is 4.08. The van der Waals surface area contributed by atoms with Gasteiger partial charge in [-0.05, 0) is 50.2 Å². The fraction of sp³-hybridized carbons (Fsp3) is 0.316. The van der Waals surface area contributed by atoms with E-state index >= 15 is 0 Å². The SMILES string of the molecule is COc1ccc(Cl)cc1CN(C)CC(=O)Nc1c([N+](=O)[O-])ccc(C)c1C. The van der Waals surface area contributed by atoms with Gasteiger partial charge in [-0.3, -0.25) is 19.8 Å². The molecule has 2 aromatic carbocycles. The van der Waals surface area contributed by atoms with E-state index in [0.29, 0.717) is 22.9 Å². The van der Waals surface area contributed by atoms with Crippen molar-refractivity contribution in [3.63, 3.8) is 0 Å². The molecular formula is C19H22ClN3O4. The summed E-state index contributed by atoms with van der Waals surface area (Å²) >= 11 is 6.03. The Morgan fingerprint density at radius 2 is 2.00 bits per heavy atom. The quantitative estimate of drug-likeness (QED) is 0.570. The van der Waals surface area contributed by atoms with Crippen LogP contribution >= 0.6 is 11.6 Å².